The molecule has 0 aliphatic heterocycles. The van der Waals surface area contributed by atoms with Crippen LogP contribution in [0.25, 0.3) is 5.78 Å². The number of nitrogens with zero attached hydrogens (tertiary/aromatic N) is 4. The van der Waals surface area contributed by atoms with Crippen LogP contribution in [0.1, 0.15) is 44.7 Å². The number of hydrogen-bond acceptors (Lipinski definition) is 5. The van der Waals surface area contributed by atoms with Crippen molar-refractivity contribution < 1.29 is 14.7 Å². The van der Waals surface area contributed by atoms with Crippen LogP contribution in [0.2, 0.25) is 0 Å². The molecule has 0 saturated carbocycles. The number of carbonyl (C=O) groups is 2. The van der Waals surface area contributed by atoms with Crippen LogP contribution in [-0.2, 0) is 4.79 Å². The fourth-order valence-corrected chi connectivity index (χ4v) is 2.92. The number of amides is 1. The van der Waals surface area contributed by atoms with Crippen molar-refractivity contribution in [3.05, 3.63) is 58.2 Å². The molecule has 1 unspecified atom stereocenters. The number of carbonyl (C=O) groups excluding carboxylic acids is 1. The van der Waals surface area contributed by atoms with Crippen LogP contribution in [0.5, 0.6) is 0 Å². The van der Waals surface area contributed by atoms with E-state index in [0.717, 1.165) is 22.5 Å². The van der Waals surface area contributed by atoms with E-state index in [2.05, 4.69) is 20.4 Å². The van der Waals surface area contributed by atoms with Gasteiger partial charge in [0.05, 0.1) is 0 Å². The highest BCUT2D eigenvalue weighted by molar-refractivity contribution is 5.94. The number of nitrogens with one attached hydrogen (secondary N) is 1. The molecule has 0 spiro atoms. The Hall–Kier alpha value is -3.29. The Morgan fingerprint density at radius 2 is 1.69 bits per heavy atom. The van der Waals surface area contributed by atoms with Crippen LogP contribution in [0.4, 0.5) is 0 Å². The van der Waals surface area contributed by atoms with E-state index in [-0.39, 0.29) is 5.82 Å². The Balaban J connectivity index is 1.93. The van der Waals surface area contributed by atoms with E-state index >= 15 is 0 Å². The Morgan fingerprint density at radius 1 is 1.04 bits per heavy atom. The number of carboxylic acid groups (broad SMARTS) is 1. The van der Waals surface area contributed by atoms with Gasteiger partial charge in [0, 0.05) is 11.4 Å². The minimum absolute atomic E-state index is 0.123. The number of fused-ring (bicyclic) bond motifs is 1. The fraction of sp³-hybridized carbons (Fsp3) is 0.278. The molecular weight excluding hydrogens is 334 g/mol. The highest BCUT2D eigenvalue weighted by atomic mass is 16.4. The van der Waals surface area contributed by atoms with Crippen molar-refractivity contribution in [2.75, 3.05) is 0 Å². The molecule has 0 radical (unpaired) electrons. The Labute approximate surface area is 149 Å². The molecule has 0 bridgehead atoms. The van der Waals surface area contributed by atoms with Crippen LogP contribution in [0, 0.1) is 27.7 Å². The standard InChI is InChI=1S/C18H19N5O3/c1-9-5-10(2)7-13(6-9)14(17(25)26)20-16(24)15-21-18-19-11(3)8-12(4)23(18)22-15/h5-8,14H,1-4H3,(H,20,24)(H,25,26). The molecule has 1 amide bonds. The molecule has 0 aliphatic rings. The maximum Gasteiger partial charge on any atom is 0.330 e. The van der Waals surface area contributed by atoms with Crippen LogP contribution < -0.4 is 5.32 Å². The van der Waals surface area contributed by atoms with Gasteiger partial charge < -0.3 is 10.4 Å². The highest BCUT2D eigenvalue weighted by Crippen LogP contribution is 2.18. The number of rotatable bonds is 4. The van der Waals surface area contributed by atoms with Gasteiger partial charge >= 0.3 is 5.97 Å². The molecule has 0 fully saturated rings. The van der Waals surface area contributed by atoms with E-state index in [4.69, 9.17) is 0 Å². The molecule has 3 rings (SSSR count). The van der Waals surface area contributed by atoms with Crippen molar-refractivity contribution in [1.29, 1.82) is 0 Å². The van der Waals surface area contributed by atoms with Gasteiger partial charge in [-0.1, -0.05) is 29.3 Å². The lowest BCUT2D eigenvalue weighted by Crippen LogP contribution is -2.34. The van der Waals surface area contributed by atoms with Crippen molar-refractivity contribution in [3.63, 3.8) is 0 Å². The monoisotopic (exact) mass is 353 g/mol. The molecule has 134 valence electrons. The quantitative estimate of drug-likeness (QED) is 0.741. The SMILES string of the molecule is Cc1cc(C)cc(C(NC(=O)c2nc3nc(C)cc(C)n3n2)C(=O)O)c1. The number of aliphatic carboxylic acids is 1. The van der Waals surface area contributed by atoms with Crippen LogP contribution in [0.3, 0.4) is 0 Å². The Kier molecular flexibility index (Phi) is 4.41. The third-order valence-electron chi connectivity index (χ3n) is 3.92. The normalized spacial score (nSPS) is 12.2. The molecule has 26 heavy (non-hydrogen) atoms. The zero-order chi connectivity index (χ0) is 19.0. The van der Waals surface area contributed by atoms with Gasteiger partial charge in [-0.25, -0.2) is 14.3 Å². The molecule has 8 nitrogen and oxygen atoms in total. The average molecular weight is 353 g/mol. The summed E-state index contributed by atoms with van der Waals surface area (Å²) in [5.41, 5.74) is 3.87. The second-order valence-electron chi connectivity index (χ2n) is 6.35. The molecule has 0 aliphatic carbocycles. The molecule has 2 N–H and O–H groups in total. The molecule has 2 aromatic heterocycles. The summed E-state index contributed by atoms with van der Waals surface area (Å²) >= 11 is 0. The zero-order valence-electron chi connectivity index (χ0n) is 14.9. The largest absolute Gasteiger partial charge is 0.479 e. The second kappa shape index (κ2) is 6.55. The van der Waals surface area contributed by atoms with Gasteiger partial charge in [0.25, 0.3) is 11.7 Å². The van der Waals surface area contributed by atoms with Crippen LogP contribution in [0.15, 0.2) is 24.3 Å². The van der Waals surface area contributed by atoms with Crippen molar-refractivity contribution in [3.8, 4) is 0 Å². The summed E-state index contributed by atoms with van der Waals surface area (Å²) in [5.74, 6) is -1.65. The number of aromatic nitrogens is 4. The first-order chi connectivity index (χ1) is 12.2. The predicted molar refractivity (Wildman–Crippen MR) is 94.0 cm³/mol. The second-order valence-corrected chi connectivity index (χ2v) is 6.35. The minimum atomic E-state index is -1.19. The lowest BCUT2D eigenvalue weighted by Gasteiger charge is -2.15. The van der Waals surface area contributed by atoms with Crippen molar-refractivity contribution in [2.24, 2.45) is 0 Å². The molecule has 1 aromatic carbocycles. The third kappa shape index (κ3) is 3.39. The van der Waals surface area contributed by atoms with Gasteiger partial charge in [-0.15, -0.1) is 5.10 Å². The van der Waals surface area contributed by atoms with Crippen molar-refractivity contribution in [2.45, 2.75) is 33.7 Å². The molecule has 2 heterocycles. The summed E-state index contributed by atoms with van der Waals surface area (Å²) in [6.07, 6.45) is 0. The topological polar surface area (TPSA) is 109 Å². The van der Waals surface area contributed by atoms with Crippen molar-refractivity contribution in [1.82, 2.24) is 24.9 Å². The summed E-state index contributed by atoms with van der Waals surface area (Å²) < 4.78 is 1.45. The van der Waals surface area contributed by atoms with Gasteiger partial charge in [0.1, 0.15) is 0 Å². The van der Waals surface area contributed by atoms with Gasteiger partial charge in [-0.3, -0.25) is 4.79 Å². The lowest BCUT2D eigenvalue weighted by atomic mass is 10.0. The zero-order valence-corrected chi connectivity index (χ0v) is 14.9. The number of aryl methyl sites for hydroxylation is 4. The van der Waals surface area contributed by atoms with Gasteiger partial charge in [-0.2, -0.15) is 4.98 Å². The average Bonchev–Trinajstić information content (AvgIpc) is 2.95. The fourth-order valence-electron chi connectivity index (χ4n) is 2.92. The maximum absolute atomic E-state index is 12.5. The van der Waals surface area contributed by atoms with E-state index in [9.17, 15) is 14.7 Å². The smallest absolute Gasteiger partial charge is 0.330 e. The van der Waals surface area contributed by atoms with E-state index in [1.54, 1.807) is 12.1 Å². The molecule has 8 heteroatoms. The van der Waals surface area contributed by atoms with E-state index in [1.165, 1.54) is 4.52 Å². The molecular formula is C18H19N5O3. The third-order valence-corrected chi connectivity index (χ3v) is 3.92. The minimum Gasteiger partial charge on any atom is -0.479 e. The van der Waals surface area contributed by atoms with Crippen LogP contribution >= 0.6 is 0 Å². The number of hydrogen-bond donors (Lipinski definition) is 2. The Morgan fingerprint density at radius 3 is 2.31 bits per heavy atom. The summed E-state index contributed by atoms with van der Waals surface area (Å²) in [6, 6.07) is 6.03. The number of benzene rings is 1. The predicted octanol–water partition coefficient (Wildman–Crippen LogP) is 1.91. The highest BCUT2D eigenvalue weighted by Gasteiger charge is 2.25. The van der Waals surface area contributed by atoms with E-state index in [1.807, 2.05) is 39.8 Å². The first-order valence-electron chi connectivity index (χ1n) is 8.07. The summed E-state index contributed by atoms with van der Waals surface area (Å²) in [6.45, 7) is 7.39. The molecule has 1 atom stereocenters. The maximum atomic E-state index is 12.5. The molecule has 0 saturated heterocycles. The summed E-state index contributed by atoms with van der Waals surface area (Å²) in [7, 11) is 0. The van der Waals surface area contributed by atoms with Crippen LogP contribution in [-0.4, -0.2) is 36.6 Å². The van der Waals surface area contributed by atoms with Gasteiger partial charge in [-0.05, 0) is 39.3 Å². The first kappa shape index (κ1) is 17.5. The van der Waals surface area contributed by atoms with Gasteiger partial charge in [0.15, 0.2) is 6.04 Å². The summed E-state index contributed by atoms with van der Waals surface area (Å²) in [4.78, 5) is 32.6. The van der Waals surface area contributed by atoms with Crippen molar-refractivity contribution >= 4 is 17.7 Å². The first-order valence-corrected chi connectivity index (χ1v) is 8.07. The summed E-state index contributed by atoms with van der Waals surface area (Å²) in [5, 5.41) is 16.2. The van der Waals surface area contributed by atoms with Gasteiger partial charge in [0.2, 0.25) is 5.82 Å². The van der Waals surface area contributed by atoms with E-state index in [0.29, 0.717) is 11.3 Å². The lowest BCUT2D eigenvalue weighted by molar-refractivity contribution is -0.139. The number of carboxylic acids is 1. The van der Waals surface area contributed by atoms with E-state index < -0.39 is 17.9 Å². The Bertz CT molecular complexity index is 1000. The molecule has 3 aromatic rings.